The molecule has 0 amide bonds. The van der Waals surface area contributed by atoms with Crippen LogP contribution < -0.4 is 4.74 Å². The van der Waals surface area contributed by atoms with E-state index in [1.165, 1.54) is 0 Å². The summed E-state index contributed by atoms with van der Waals surface area (Å²) in [5.41, 5.74) is -4.90. The van der Waals surface area contributed by atoms with Crippen molar-refractivity contribution in [3.63, 3.8) is 0 Å². The molecular weight excluding hydrogens is 442 g/mol. The van der Waals surface area contributed by atoms with Gasteiger partial charge in [0.05, 0.1) is 13.2 Å². The minimum Gasteiger partial charge on any atom is -0.478 e. The SMILES string of the molecule is CCOc1ccc(C23CC(C(F)(F)[C@@](O)(Cn4cnnn4)c4ccc(F)cc4F)(C2)C3)cn1. The highest BCUT2D eigenvalue weighted by Crippen LogP contribution is 2.80. The van der Waals surface area contributed by atoms with Crippen LogP contribution in [0.25, 0.3) is 0 Å². The summed E-state index contributed by atoms with van der Waals surface area (Å²) in [5, 5.41) is 21.7. The van der Waals surface area contributed by atoms with Crippen molar-refractivity contribution in [2.75, 3.05) is 6.61 Å². The van der Waals surface area contributed by atoms with Gasteiger partial charge in [-0.15, -0.1) is 5.10 Å². The monoisotopic (exact) mass is 463 g/mol. The number of alkyl halides is 2. The molecule has 2 aromatic heterocycles. The third-order valence-electron chi connectivity index (χ3n) is 7.02. The smallest absolute Gasteiger partial charge is 0.287 e. The Morgan fingerprint density at radius 3 is 2.48 bits per heavy atom. The number of rotatable bonds is 8. The van der Waals surface area contributed by atoms with E-state index in [0.29, 0.717) is 18.6 Å². The molecule has 174 valence electrons. The summed E-state index contributed by atoms with van der Waals surface area (Å²) < 4.78 is 66.6. The van der Waals surface area contributed by atoms with Crippen LogP contribution in [-0.4, -0.2) is 42.8 Å². The Balaban J connectivity index is 1.46. The van der Waals surface area contributed by atoms with Crippen molar-refractivity contribution in [3.8, 4) is 5.88 Å². The molecule has 3 aromatic rings. The molecule has 3 saturated carbocycles. The van der Waals surface area contributed by atoms with Crippen molar-refractivity contribution in [3.05, 3.63) is 65.6 Å². The molecule has 1 atom stereocenters. The van der Waals surface area contributed by atoms with Crippen LogP contribution in [0.15, 0.2) is 42.9 Å². The molecule has 0 saturated heterocycles. The molecule has 0 spiro atoms. The molecule has 1 aromatic carbocycles. The fourth-order valence-electron chi connectivity index (χ4n) is 5.46. The highest BCUT2D eigenvalue weighted by atomic mass is 19.3. The first-order chi connectivity index (χ1) is 15.6. The van der Waals surface area contributed by atoms with E-state index in [0.717, 1.165) is 28.7 Å². The Morgan fingerprint density at radius 1 is 1.15 bits per heavy atom. The molecule has 6 rings (SSSR count). The van der Waals surface area contributed by atoms with Crippen molar-refractivity contribution in [2.24, 2.45) is 5.41 Å². The van der Waals surface area contributed by atoms with Gasteiger partial charge >= 0.3 is 0 Å². The Hall–Kier alpha value is -3.08. The fraction of sp³-hybridized carbons (Fsp3) is 0.455. The number of halogens is 4. The second-order valence-corrected chi connectivity index (χ2v) is 8.98. The van der Waals surface area contributed by atoms with Crippen LogP contribution >= 0.6 is 0 Å². The normalized spacial score (nSPS) is 25.6. The number of tetrazole rings is 1. The van der Waals surface area contributed by atoms with E-state index in [2.05, 4.69) is 20.5 Å². The molecule has 1 N–H and O–H groups in total. The van der Waals surface area contributed by atoms with Crippen molar-refractivity contribution in [2.45, 2.75) is 49.7 Å². The predicted octanol–water partition coefficient (Wildman–Crippen LogP) is 3.39. The van der Waals surface area contributed by atoms with Gasteiger partial charge in [0.2, 0.25) is 5.88 Å². The zero-order chi connectivity index (χ0) is 23.5. The maximum atomic E-state index is 16.1. The summed E-state index contributed by atoms with van der Waals surface area (Å²) in [6.07, 6.45) is 2.98. The van der Waals surface area contributed by atoms with Gasteiger partial charge in [0.1, 0.15) is 18.0 Å². The molecule has 3 fully saturated rings. The van der Waals surface area contributed by atoms with Crippen LogP contribution in [0.1, 0.15) is 37.3 Å². The zero-order valence-corrected chi connectivity index (χ0v) is 17.7. The Kier molecular flexibility index (Phi) is 4.75. The van der Waals surface area contributed by atoms with E-state index in [-0.39, 0.29) is 19.3 Å². The molecule has 3 aliphatic rings. The van der Waals surface area contributed by atoms with E-state index in [9.17, 15) is 13.9 Å². The highest BCUT2D eigenvalue weighted by Gasteiger charge is 2.82. The van der Waals surface area contributed by atoms with Crippen LogP contribution in [0.2, 0.25) is 0 Å². The molecule has 0 unspecified atom stereocenters. The number of pyridine rings is 1. The zero-order valence-electron chi connectivity index (χ0n) is 17.7. The molecule has 0 radical (unpaired) electrons. The van der Waals surface area contributed by atoms with Gasteiger partial charge in [-0.25, -0.2) is 27.2 Å². The van der Waals surface area contributed by atoms with Crippen molar-refractivity contribution in [1.29, 1.82) is 0 Å². The lowest BCUT2D eigenvalue weighted by Crippen LogP contribution is -2.76. The molecule has 11 heteroatoms. The second kappa shape index (κ2) is 7.21. The molecule has 7 nitrogen and oxygen atoms in total. The lowest BCUT2D eigenvalue weighted by Gasteiger charge is -2.74. The van der Waals surface area contributed by atoms with Crippen LogP contribution in [0, 0.1) is 17.0 Å². The summed E-state index contributed by atoms with van der Waals surface area (Å²) in [6, 6.07) is 5.68. The second-order valence-electron chi connectivity index (χ2n) is 8.98. The van der Waals surface area contributed by atoms with Crippen molar-refractivity contribution < 1.29 is 27.4 Å². The van der Waals surface area contributed by atoms with Gasteiger partial charge in [0.15, 0.2) is 5.60 Å². The van der Waals surface area contributed by atoms with E-state index in [1.807, 2.05) is 13.0 Å². The molecule has 3 aliphatic carbocycles. The first kappa shape index (κ1) is 21.7. The third-order valence-corrected chi connectivity index (χ3v) is 7.02. The minimum absolute atomic E-state index is 0.101. The quantitative estimate of drug-likeness (QED) is 0.516. The molecule has 2 heterocycles. The van der Waals surface area contributed by atoms with Gasteiger partial charge in [-0.1, -0.05) is 6.07 Å². The highest BCUT2D eigenvalue weighted by molar-refractivity contribution is 5.42. The predicted molar refractivity (Wildman–Crippen MR) is 106 cm³/mol. The van der Waals surface area contributed by atoms with Gasteiger partial charge in [-0.3, -0.25) is 0 Å². The largest absolute Gasteiger partial charge is 0.478 e. The summed E-state index contributed by atoms with van der Waals surface area (Å²) in [7, 11) is 0. The van der Waals surface area contributed by atoms with Crippen LogP contribution in [-0.2, 0) is 17.6 Å². The van der Waals surface area contributed by atoms with Crippen molar-refractivity contribution in [1.82, 2.24) is 25.2 Å². The molecule has 2 bridgehead atoms. The van der Waals surface area contributed by atoms with E-state index < -0.39 is 46.1 Å². The van der Waals surface area contributed by atoms with Gasteiger partial charge in [0, 0.05) is 29.3 Å². The number of benzene rings is 1. The summed E-state index contributed by atoms with van der Waals surface area (Å²) in [4.78, 5) is 4.22. The van der Waals surface area contributed by atoms with Crippen LogP contribution in [0.3, 0.4) is 0 Å². The average molecular weight is 463 g/mol. The summed E-state index contributed by atoms with van der Waals surface area (Å²) >= 11 is 0. The number of hydrogen-bond donors (Lipinski definition) is 1. The number of hydrogen-bond acceptors (Lipinski definition) is 6. The lowest BCUT2D eigenvalue weighted by molar-refractivity contribution is -0.347. The van der Waals surface area contributed by atoms with E-state index in [1.54, 1.807) is 12.3 Å². The van der Waals surface area contributed by atoms with Crippen LogP contribution in [0.5, 0.6) is 5.88 Å². The molecule has 33 heavy (non-hydrogen) atoms. The number of aromatic nitrogens is 5. The number of nitrogens with zero attached hydrogens (tertiary/aromatic N) is 5. The van der Waals surface area contributed by atoms with Crippen molar-refractivity contribution >= 4 is 0 Å². The summed E-state index contributed by atoms with van der Waals surface area (Å²) in [5.74, 6) is -5.50. The Labute approximate surface area is 186 Å². The topological polar surface area (TPSA) is 86.0 Å². The van der Waals surface area contributed by atoms with Gasteiger partial charge in [-0.05, 0) is 59.7 Å². The lowest BCUT2D eigenvalue weighted by atomic mass is 9.30. The fourth-order valence-corrected chi connectivity index (χ4v) is 5.46. The molecular formula is C22H21F4N5O2. The standard InChI is InChI=1S/C22H21F4N5O2/c1-2-33-18-6-3-14(8-27-18)19-9-20(10-19,11-19)22(25,26)21(32,12-31-13-28-29-30-31)16-5-4-15(23)7-17(16)24/h3-8,13,32H,2,9-12H2,1H3/t19?,20?,21-/m1/s1. The minimum atomic E-state index is -3.76. The molecule has 0 aliphatic heterocycles. The first-order valence-corrected chi connectivity index (χ1v) is 10.5. The maximum absolute atomic E-state index is 16.1. The van der Waals surface area contributed by atoms with Gasteiger partial charge in [-0.2, -0.15) is 0 Å². The Bertz CT molecular complexity index is 1150. The van der Waals surface area contributed by atoms with Gasteiger partial charge in [0.25, 0.3) is 5.92 Å². The summed E-state index contributed by atoms with van der Waals surface area (Å²) in [6.45, 7) is 1.50. The first-order valence-electron chi connectivity index (χ1n) is 10.5. The Morgan fingerprint density at radius 2 is 1.91 bits per heavy atom. The van der Waals surface area contributed by atoms with E-state index >= 15 is 8.78 Å². The maximum Gasteiger partial charge on any atom is 0.287 e. The number of ether oxygens (including phenoxy) is 1. The number of aliphatic hydroxyl groups is 1. The van der Waals surface area contributed by atoms with Gasteiger partial charge < -0.3 is 9.84 Å². The van der Waals surface area contributed by atoms with E-state index in [4.69, 9.17) is 4.74 Å². The van der Waals surface area contributed by atoms with Crippen LogP contribution in [0.4, 0.5) is 17.6 Å². The third kappa shape index (κ3) is 3.05. The average Bonchev–Trinajstić information content (AvgIpc) is 3.20.